The number of aliphatic hydroxyl groups is 1. The SMILES string of the molecule is NCC1=C(O)C=CC(N)(N)C1. The molecule has 0 bridgehead atoms. The van der Waals surface area contributed by atoms with E-state index in [0.29, 0.717) is 18.5 Å². The molecule has 62 valence electrons. The van der Waals surface area contributed by atoms with Crippen LogP contribution in [0.25, 0.3) is 0 Å². The minimum absolute atomic E-state index is 0.194. The molecule has 0 aliphatic heterocycles. The quantitative estimate of drug-likeness (QED) is 0.377. The Kier molecular flexibility index (Phi) is 1.99. The molecule has 0 atom stereocenters. The summed E-state index contributed by atoms with van der Waals surface area (Å²) in [5.74, 6) is 0.194. The van der Waals surface area contributed by atoms with Gasteiger partial charge in [0.05, 0.1) is 5.66 Å². The molecule has 0 aromatic rings. The van der Waals surface area contributed by atoms with Crippen molar-refractivity contribution in [2.75, 3.05) is 6.54 Å². The van der Waals surface area contributed by atoms with E-state index in [4.69, 9.17) is 17.2 Å². The van der Waals surface area contributed by atoms with E-state index in [1.165, 1.54) is 6.08 Å². The smallest absolute Gasteiger partial charge is 0.115 e. The molecule has 4 nitrogen and oxygen atoms in total. The molecule has 11 heavy (non-hydrogen) atoms. The summed E-state index contributed by atoms with van der Waals surface area (Å²) in [4.78, 5) is 0. The molecular weight excluding hydrogens is 142 g/mol. The van der Waals surface area contributed by atoms with Gasteiger partial charge < -0.3 is 22.3 Å². The Bertz CT molecular complexity index is 218. The molecule has 0 heterocycles. The highest BCUT2D eigenvalue weighted by Crippen LogP contribution is 2.19. The molecule has 0 amide bonds. The van der Waals surface area contributed by atoms with Gasteiger partial charge in [-0.2, -0.15) is 0 Å². The Balaban J connectivity index is 2.84. The molecule has 0 saturated heterocycles. The zero-order chi connectivity index (χ0) is 8.48. The van der Waals surface area contributed by atoms with Gasteiger partial charge in [-0.3, -0.25) is 0 Å². The second-order valence-corrected chi connectivity index (χ2v) is 2.82. The van der Waals surface area contributed by atoms with Crippen LogP contribution in [0.5, 0.6) is 0 Å². The van der Waals surface area contributed by atoms with Crippen molar-refractivity contribution in [3.05, 3.63) is 23.5 Å². The van der Waals surface area contributed by atoms with Crippen molar-refractivity contribution in [1.82, 2.24) is 0 Å². The van der Waals surface area contributed by atoms with Crippen LogP contribution in [0.1, 0.15) is 6.42 Å². The molecule has 0 aromatic heterocycles. The lowest BCUT2D eigenvalue weighted by Gasteiger charge is -2.25. The van der Waals surface area contributed by atoms with Gasteiger partial charge in [-0.15, -0.1) is 0 Å². The van der Waals surface area contributed by atoms with Crippen molar-refractivity contribution >= 4 is 0 Å². The fraction of sp³-hybridized carbons (Fsp3) is 0.429. The molecule has 0 spiro atoms. The predicted molar refractivity (Wildman–Crippen MR) is 43.6 cm³/mol. The normalized spacial score (nSPS) is 22.5. The molecule has 0 saturated carbocycles. The summed E-state index contributed by atoms with van der Waals surface area (Å²) in [7, 11) is 0. The van der Waals surface area contributed by atoms with Gasteiger partial charge in [-0.05, 0) is 17.7 Å². The lowest BCUT2D eigenvalue weighted by molar-refractivity contribution is 0.401. The Morgan fingerprint density at radius 1 is 1.55 bits per heavy atom. The van der Waals surface area contributed by atoms with Gasteiger partial charge >= 0.3 is 0 Å². The van der Waals surface area contributed by atoms with Gasteiger partial charge in [0.15, 0.2) is 0 Å². The van der Waals surface area contributed by atoms with Gasteiger partial charge in [0.1, 0.15) is 5.76 Å². The number of hydrogen-bond donors (Lipinski definition) is 4. The molecule has 0 radical (unpaired) electrons. The second-order valence-electron chi connectivity index (χ2n) is 2.82. The third kappa shape index (κ3) is 1.80. The van der Waals surface area contributed by atoms with Gasteiger partial charge in [0.25, 0.3) is 0 Å². The Morgan fingerprint density at radius 3 is 2.64 bits per heavy atom. The van der Waals surface area contributed by atoms with E-state index in [1.807, 2.05) is 0 Å². The molecule has 7 N–H and O–H groups in total. The molecule has 1 rings (SSSR count). The molecule has 1 aliphatic carbocycles. The van der Waals surface area contributed by atoms with Gasteiger partial charge in [0.2, 0.25) is 0 Å². The minimum atomic E-state index is -0.846. The highest BCUT2D eigenvalue weighted by atomic mass is 16.3. The maximum Gasteiger partial charge on any atom is 0.115 e. The summed E-state index contributed by atoms with van der Waals surface area (Å²) < 4.78 is 0. The van der Waals surface area contributed by atoms with E-state index in [2.05, 4.69) is 0 Å². The third-order valence-electron chi connectivity index (χ3n) is 1.68. The van der Waals surface area contributed by atoms with Crippen LogP contribution in [-0.2, 0) is 0 Å². The maximum absolute atomic E-state index is 9.20. The molecule has 0 fully saturated rings. The summed E-state index contributed by atoms with van der Waals surface area (Å²) in [6.45, 7) is 0.298. The first-order chi connectivity index (χ1) is 5.05. The van der Waals surface area contributed by atoms with Gasteiger partial charge in [-0.1, -0.05) is 0 Å². The Morgan fingerprint density at radius 2 is 2.18 bits per heavy atom. The highest BCUT2D eigenvalue weighted by molar-refractivity contribution is 5.30. The van der Waals surface area contributed by atoms with Crippen molar-refractivity contribution in [2.45, 2.75) is 12.1 Å². The van der Waals surface area contributed by atoms with Crippen LogP contribution in [-0.4, -0.2) is 17.3 Å². The Hall–Kier alpha value is -0.840. The number of aliphatic hydroxyl groups excluding tert-OH is 1. The summed E-state index contributed by atoms with van der Waals surface area (Å²) in [5, 5.41) is 9.20. The Labute approximate surface area is 65.4 Å². The maximum atomic E-state index is 9.20. The first-order valence-corrected chi connectivity index (χ1v) is 3.43. The summed E-state index contributed by atoms with van der Waals surface area (Å²) in [6, 6.07) is 0. The number of nitrogens with two attached hydrogens (primary N) is 3. The van der Waals surface area contributed by atoms with E-state index in [9.17, 15) is 5.11 Å². The fourth-order valence-electron chi connectivity index (χ4n) is 1.05. The summed E-state index contributed by atoms with van der Waals surface area (Å²) in [6.07, 6.45) is 3.49. The molecule has 4 heteroatoms. The van der Waals surface area contributed by atoms with E-state index in [0.717, 1.165) is 0 Å². The largest absolute Gasteiger partial charge is 0.508 e. The first kappa shape index (κ1) is 8.26. The molecule has 0 aromatic carbocycles. The summed E-state index contributed by atoms with van der Waals surface area (Å²) in [5.41, 5.74) is 16.4. The van der Waals surface area contributed by atoms with E-state index < -0.39 is 5.66 Å². The van der Waals surface area contributed by atoms with Gasteiger partial charge in [0, 0.05) is 13.0 Å². The molecule has 1 aliphatic rings. The second kappa shape index (κ2) is 2.65. The number of rotatable bonds is 1. The van der Waals surface area contributed by atoms with Crippen LogP contribution in [0.4, 0.5) is 0 Å². The first-order valence-electron chi connectivity index (χ1n) is 3.43. The average molecular weight is 155 g/mol. The zero-order valence-corrected chi connectivity index (χ0v) is 6.25. The van der Waals surface area contributed by atoms with E-state index >= 15 is 0 Å². The molecule has 0 unspecified atom stereocenters. The van der Waals surface area contributed by atoms with E-state index in [-0.39, 0.29) is 5.76 Å². The monoisotopic (exact) mass is 155 g/mol. The van der Waals surface area contributed by atoms with Crippen LogP contribution in [0.2, 0.25) is 0 Å². The lowest BCUT2D eigenvalue weighted by atomic mass is 9.95. The van der Waals surface area contributed by atoms with Crippen LogP contribution in [0.3, 0.4) is 0 Å². The molecular formula is C7H13N3O. The fourth-order valence-corrected chi connectivity index (χ4v) is 1.05. The van der Waals surface area contributed by atoms with Crippen molar-refractivity contribution < 1.29 is 5.11 Å². The topological polar surface area (TPSA) is 98.3 Å². The van der Waals surface area contributed by atoms with Crippen LogP contribution >= 0.6 is 0 Å². The number of allylic oxidation sites excluding steroid dienone is 1. The predicted octanol–water partition coefficient (Wildman–Crippen LogP) is -0.669. The average Bonchev–Trinajstić information content (AvgIpc) is 1.94. The van der Waals surface area contributed by atoms with Crippen molar-refractivity contribution in [3.63, 3.8) is 0 Å². The van der Waals surface area contributed by atoms with Crippen molar-refractivity contribution in [3.8, 4) is 0 Å². The third-order valence-corrected chi connectivity index (χ3v) is 1.68. The minimum Gasteiger partial charge on any atom is -0.508 e. The number of hydrogen-bond acceptors (Lipinski definition) is 4. The zero-order valence-electron chi connectivity index (χ0n) is 6.25. The standard InChI is InChI=1S/C7H13N3O/c8-4-5-3-7(9,10)2-1-6(5)11/h1-2,11H,3-4,8-10H2. The highest BCUT2D eigenvalue weighted by Gasteiger charge is 2.22. The van der Waals surface area contributed by atoms with Crippen molar-refractivity contribution in [2.24, 2.45) is 17.2 Å². The van der Waals surface area contributed by atoms with Gasteiger partial charge in [-0.25, -0.2) is 0 Å². The van der Waals surface area contributed by atoms with Crippen LogP contribution in [0, 0.1) is 0 Å². The van der Waals surface area contributed by atoms with Crippen LogP contribution in [0.15, 0.2) is 23.5 Å². The lowest BCUT2D eigenvalue weighted by Crippen LogP contribution is -2.49. The van der Waals surface area contributed by atoms with Crippen molar-refractivity contribution in [1.29, 1.82) is 0 Å². The summed E-state index contributed by atoms with van der Waals surface area (Å²) >= 11 is 0. The van der Waals surface area contributed by atoms with E-state index in [1.54, 1.807) is 6.08 Å². The van der Waals surface area contributed by atoms with Crippen LogP contribution < -0.4 is 17.2 Å².